The molecule has 4 rings (SSSR count). The van der Waals surface area contributed by atoms with E-state index in [0.29, 0.717) is 29.1 Å². The van der Waals surface area contributed by atoms with Crippen LogP contribution in [-0.4, -0.2) is 35.4 Å². The van der Waals surface area contributed by atoms with Crippen LogP contribution in [0.3, 0.4) is 0 Å². The van der Waals surface area contributed by atoms with Crippen LogP contribution in [0.5, 0.6) is 5.75 Å². The van der Waals surface area contributed by atoms with E-state index in [1.807, 2.05) is 60.4 Å². The molecule has 0 fully saturated rings. The molecular weight excluding hydrogens is 390 g/mol. The van der Waals surface area contributed by atoms with E-state index in [9.17, 15) is 9.59 Å². The highest BCUT2D eigenvalue weighted by molar-refractivity contribution is 6.36. The monoisotopic (exact) mass is 413 g/mol. The molecule has 156 valence electrons. The van der Waals surface area contributed by atoms with Crippen LogP contribution in [0.2, 0.25) is 0 Å². The largest absolute Gasteiger partial charge is 0.497 e. The molecule has 0 N–H and O–H groups in total. The first-order chi connectivity index (χ1) is 15.1. The number of hydrogen-bond donors (Lipinski definition) is 0. The first-order valence-electron chi connectivity index (χ1n) is 10.1. The summed E-state index contributed by atoms with van der Waals surface area (Å²) < 4.78 is 5.25. The Morgan fingerprint density at radius 3 is 2.29 bits per heavy atom. The van der Waals surface area contributed by atoms with Crippen molar-refractivity contribution in [2.24, 2.45) is 0 Å². The van der Waals surface area contributed by atoms with Gasteiger partial charge in [0.2, 0.25) is 0 Å². The predicted octanol–water partition coefficient (Wildman–Crippen LogP) is 3.90. The average molecular weight is 413 g/mol. The number of ether oxygens (including phenoxy) is 1. The average Bonchev–Trinajstić information content (AvgIpc) is 3.06. The Morgan fingerprint density at radius 1 is 0.935 bits per heavy atom. The van der Waals surface area contributed by atoms with Crippen LogP contribution in [0.25, 0.3) is 5.57 Å². The Labute approximate surface area is 181 Å². The number of likely N-dealkylation sites (N-methyl/N-ethyl adjacent to an activating group) is 1. The molecule has 0 bridgehead atoms. The fourth-order valence-corrected chi connectivity index (χ4v) is 3.73. The number of carbonyl (C=O) groups is 2. The molecule has 0 saturated carbocycles. The highest BCUT2D eigenvalue weighted by Gasteiger charge is 2.41. The normalized spacial score (nSPS) is 13.7. The molecule has 0 atom stereocenters. The van der Waals surface area contributed by atoms with Crippen LogP contribution < -0.4 is 9.64 Å². The first-order valence-corrected chi connectivity index (χ1v) is 10.1. The molecule has 2 amide bonds. The third-order valence-electron chi connectivity index (χ3n) is 5.24. The number of carbonyl (C=O) groups excluding carboxylic acids is 2. The maximum Gasteiger partial charge on any atom is 0.278 e. The molecule has 0 aliphatic carbocycles. The number of methoxy groups -OCH3 is 1. The van der Waals surface area contributed by atoms with Gasteiger partial charge in [-0.05, 0) is 48.4 Å². The number of pyridine rings is 1. The van der Waals surface area contributed by atoms with Crippen molar-refractivity contribution < 1.29 is 14.3 Å². The molecule has 6 nitrogen and oxygen atoms in total. The molecule has 3 aromatic rings. The van der Waals surface area contributed by atoms with Gasteiger partial charge in [-0.1, -0.05) is 36.4 Å². The van der Waals surface area contributed by atoms with Crippen molar-refractivity contribution in [1.82, 2.24) is 9.88 Å². The van der Waals surface area contributed by atoms with Crippen LogP contribution in [0.4, 0.5) is 5.69 Å². The van der Waals surface area contributed by atoms with Gasteiger partial charge in [0, 0.05) is 24.6 Å². The van der Waals surface area contributed by atoms with E-state index in [-0.39, 0.29) is 18.4 Å². The van der Waals surface area contributed by atoms with Crippen LogP contribution in [0, 0.1) is 0 Å². The van der Waals surface area contributed by atoms with Crippen LogP contribution >= 0.6 is 0 Å². The van der Waals surface area contributed by atoms with Crippen molar-refractivity contribution in [3.63, 3.8) is 0 Å². The van der Waals surface area contributed by atoms with E-state index < -0.39 is 0 Å². The number of amides is 2. The molecule has 0 radical (unpaired) electrons. The van der Waals surface area contributed by atoms with Gasteiger partial charge in [-0.25, -0.2) is 0 Å². The molecular formula is C25H23N3O3. The smallest absolute Gasteiger partial charge is 0.278 e. The van der Waals surface area contributed by atoms with E-state index in [2.05, 4.69) is 4.98 Å². The Kier molecular flexibility index (Phi) is 5.80. The van der Waals surface area contributed by atoms with E-state index >= 15 is 0 Å². The van der Waals surface area contributed by atoms with Crippen molar-refractivity contribution in [2.75, 3.05) is 18.6 Å². The third kappa shape index (κ3) is 3.92. The molecule has 2 aromatic carbocycles. The standard InChI is InChI=1S/C25H23N3O3/c1-3-27(20-9-5-4-6-10-20)23-22(19-11-13-21(31-2)14-12-19)24(29)28(25(23)30)17-18-8-7-15-26-16-18/h4-16H,3,17H2,1-2H3. The van der Waals surface area contributed by atoms with Crippen molar-refractivity contribution >= 4 is 23.1 Å². The maximum absolute atomic E-state index is 13.6. The van der Waals surface area contributed by atoms with Crippen molar-refractivity contribution in [3.8, 4) is 5.75 Å². The third-order valence-corrected chi connectivity index (χ3v) is 5.24. The van der Waals surface area contributed by atoms with Gasteiger partial charge in [0.1, 0.15) is 11.4 Å². The number of imide groups is 1. The van der Waals surface area contributed by atoms with E-state index in [1.54, 1.807) is 37.7 Å². The lowest BCUT2D eigenvalue weighted by Gasteiger charge is -2.25. The second-order valence-corrected chi connectivity index (χ2v) is 7.09. The summed E-state index contributed by atoms with van der Waals surface area (Å²) in [6.45, 7) is 2.67. The lowest BCUT2D eigenvalue weighted by Crippen LogP contribution is -2.34. The maximum atomic E-state index is 13.6. The van der Waals surface area contributed by atoms with Gasteiger partial charge in [0.25, 0.3) is 11.8 Å². The molecule has 1 aliphatic rings. The zero-order valence-electron chi connectivity index (χ0n) is 17.5. The molecule has 0 unspecified atom stereocenters. The SMILES string of the molecule is CCN(C1=C(c2ccc(OC)cc2)C(=O)N(Cc2cccnc2)C1=O)c1ccccc1. The summed E-state index contributed by atoms with van der Waals surface area (Å²) in [4.78, 5) is 34.4. The van der Waals surface area contributed by atoms with E-state index in [0.717, 1.165) is 11.3 Å². The van der Waals surface area contributed by atoms with Gasteiger partial charge >= 0.3 is 0 Å². The summed E-state index contributed by atoms with van der Waals surface area (Å²) in [7, 11) is 1.59. The van der Waals surface area contributed by atoms with Crippen LogP contribution in [0.15, 0.2) is 84.8 Å². The number of rotatable bonds is 7. The summed E-state index contributed by atoms with van der Waals surface area (Å²) in [5.41, 5.74) is 3.10. The lowest BCUT2D eigenvalue weighted by molar-refractivity contribution is -0.137. The van der Waals surface area contributed by atoms with Gasteiger partial charge < -0.3 is 9.64 Å². The number of aromatic nitrogens is 1. The summed E-state index contributed by atoms with van der Waals surface area (Å²) in [6, 6.07) is 20.5. The number of para-hydroxylation sites is 1. The Balaban J connectivity index is 1.82. The van der Waals surface area contributed by atoms with Gasteiger partial charge in [-0.15, -0.1) is 0 Å². The highest BCUT2D eigenvalue weighted by Crippen LogP contribution is 2.35. The van der Waals surface area contributed by atoms with Crippen molar-refractivity contribution in [1.29, 1.82) is 0 Å². The summed E-state index contributed by atoms with van der Waals surface area (Å²) in [5, 5.41) is 0. The molecule has 1 aliphatic heterocycles. The molecule has 1 aromatic heterocycles. The molecule has 0 saturated heterocycles. The minimum absolute atomic E-state index is 0.168. The molecule has 2 heterocycles. The highest BCUT2D eigenvalue weighted by atomic mass is 16.5. The minimum Gasteiger partial charge on any atom is -0.497 e. The minimum atomic E-state index is -0.316. The van der Waals surface area contributed by atoms with Gasteiger partial charge in [-0.2, -0.15) is 0 Å². The number of nitrogens with zero attached hydrogens (tertiary/aromatic N) is 3. The second kappa shape index (κ2) is 8.83. The van der Waals surface area contributed by atoms with Crippen LogP contribution in [0.1, 0.15) is 18.1 Å². The quantitative estimate of drug-likeness (QED) is 0.550. The first kappa shape index (κ1) is 20.3. The second-order valence-electron chi connectivity index (χ2n) is 7.09. The van der Waals surface area contributed by atoms with Gasteiger partial charge in [0.15, 0.2) is 0 Å². The zero-order valence-corrected chi connectivity index (χ0v) is 17.5. The fourth-order valence-electron chi connectivity index (χ4n) is 3.73. The van der Waals surface area contributed by atoms with E-state index in [4.69, 9.17) is 4.74 Å². The predicted molar refractivity (Wildman–Crippen MR) is 119 cm³/mol. The number of anilines is 1. The molecule has 6 heteroatoms. The summed E-state index contributed by atoms with van der Waals surface area (Å²) >= 11 is 0. The topological polar surface area (TPSA) is 62.7 Å². The summed E-state index contributed by atoms with van der Waals surface area (Å²) in [6.07, 6.45) is 3.33. The fraction of sp³-hybridized carbons (Fsp3) is 0.160. The molecule has 0 spiro atoms. The van der Waals surface area contributed by atoms with Gasteiger partial charge in [-0.3, -0.25) is 19.5 Å². The number of benzene rings is 2. The van der Waals surface area contributed by atoms with E-state index in [1.165, 1.54) is 4.90 Å². The lowest BCUT2D eigenvalue weighted by atomic mass is 10.0. The van der Waals surface area contributed by atoms with Crippen LogP contribution in [-0.2, 0) is 16.1 Å². The summed E-state index contributed by atoms with van der Waals surface area (Å²) in [5.74, 6) is 0.0547. The Hall–Kier alpha value is -3.93. The Morgan fingerprint density at radius 2 is 1.68 bits per heavy atom. The van der Waals surface area contributed by atoms with Crippen molar-refractivity contribution in [2.45, 2.75) is 13.5 Å². The molecule has 31 heavy (non-hydrogen) atoms. The zero-order chi connectivity index (χ0) is 21.8. The van der Waals surface area contributed by atoms with Crippen molar-refractivity contribution in [3.05, 3.63) is 95.9 Å². The van der Waals surface area contributed by atoms with Gasteiger partial charge in [0.05, 0.1) is 19.2 Å². The number of hydrogen-bond acceptors (Lipinski definition) is 5. The Bertz CT molecular complexity index is 1110.